The molecule has 3 nitrogen and oxygen atoms in total. The van der Waals surface area contributed by atoms with Crippen molar-refractivity contribution in [3.63, 3.8) is 0 Å². The summed E-state index contributed by atoms with van der Waals surface area (Å²) in [7, 11) is 1.78. The molecule has 2 atom stereocenters. The highest BCUT2D eigenvalue weighted by atomic mass is 79.9. The first-order valence-electron chi connectivity index (χ1n) is 6.84. The number of hydrogen-bond donors (Lipinski definition) is 1. The van der Waals surface area contributed by atoms with Gasteiger partial charge in [-0.15, -0.1) is 0 Å². The van der Waals surface area contributed by atoms with Crippen molar-refractivity contribution in [2.75, 3.05) is 33.4 Å². The van der Waals surface area contributed by atoms with Crippen LogP contribution in [-0.4, -0.2) is 38.3 Å². The highest BCUT2D eigenvalue weighted by Crippen LogP contribution is 2.31. The molecule has 1 fully saturated rings. The summed E-state index contributed by atoms with van der Waals surface area (Å²) >= 11 is 3.67. The lowest BCUT2D eigenvalue weighted by Gasteiger charge is -2.28. The fraction of sp³-hybridized carbons (Fsp3) is 0.600. The van der Waals surface area contributed by atoms with Crippen LogP contribution in [0.25, 0.3) is 0 Å². The van der Waals surface area contributed by atoms with Crippen molar-refractivity contribution in [1.82, 2.24) is 4.90 Å². The number of benzene rings is 1. The van der Waals surface area contributed by atoms with E-state index in [1.165, 1.54) is 17.5 Å². The maximum Gasteiger partial charge on any atom is 0.0503 e. The Kier molecular flexibility index (Phi) is 5.39. The number of hydrogen-bond acceptors (Lipinski definition) is 3. The molecule has 1 heterocycles. The third-order valence-electron chi connectivity index (χ3n) is 3.90. The SMILES string of the molecule is COCC1CCN(C(CN)c2ccc(C)cc2Br)C1. The standard InChI is InChI=1S/C15H23BrN2O/c1-11-3-4-13(14(16)7-11)15(8-17)18-6-5-12(9-18)10-19-2/h3-4,7,12,15H,5-6,8-10,17H2,1-2H3. The normalized spacial score (nSPS) is 21.8. The Morgan fingerprint density at radius 1 is 1.53 bits per heavy atom. The highest BCUT2D eigenvalue weighted by molar-refractivity contribution is 9.10. The summed E-state index contributed by atoms with van der Waals surface area (Å²) in [6, 6.07) is 6.82. The van der Waals surface area contributed by atoms with Crippen molar-refractivity contribution in [2.45, 2.75) is 19.4 Å². The van der Waals surface area contributed by atoms with E-state index in [1.807, 2.05) is 0 Å². The largest absolute Gasteiger partial charge is 0.384 e. The van der Waals surface area contributed by atoms with Gasteiger partial charge in [-0.1, -0.05) is 28.1 Å². The van der Waals surface area contributed by atoms with Crippen molar-refractivity contribution in [3.8, 4) is 0 Å². The van der Waals surface area contributed by atoms with Crippen molar-refractivity contribution in [3.05, 3.63) is 33.8 Å². The number of nitrogens with two attached hydrogens (primary N) is 1. The Morgan fingerprint density at radius 2 is 2.32 bits per heavy atom. The van der Waals surface area contributed by atoms with Crippen LogP contribution in [0.3, 0.4) is 0 Å². The second-order valence-electron chi connectivity index (χ2n) is 5.38. The van der Waals surface area contributed by atoms with E-state index >= 15 is 0 Å². The molecule has 0 radical (unpaired) electrons. The van der Waals surface area contributed by atoms with Crippen LogP contribution < -0.4 is 5.73 Å². The summed E-state index contributed by atoms with van der Waals surface area (Å²) in [6.45, 7) is 5.80. The van der Waals surface area contributed by atoms with Gasteiger partial charge in [0, 0.05) is 30.7 Å². The van der Waals surface area contributed by atoms with Crippen LogP contribution in [0, 0.1) is 12.8 Å². The van der Waals surface area contributed by atoms with Crippen LogP contribution in [-0.2, 0) is 4.74 Å². The molecule has 0 spiro atoms. The number of halogens is 1. The smallest absolute Gasteiger partial charge is 0.0503 e. The average molecular weight is 327 g/mol. The van der Waals surface area contributed by atoms with E-state index < -0.39 is 0 Å². The lowest BCUT2D eigenvalue weighted by molar-refractivity contribution is 0.147. The van der Waals surface area contributed by atoms with Gasteiger partial charge in [-0.05, 0) is 43.0 Å². The van der Waals surface area contributed by atoms with Crippen molar-refractivity contribution >= 4 is 15.9 Å². The zero-order valence-corrected chi connectivity index (χ0v) is 13.3. The molecular weight excluding hydrogens is 304 g/mol. The Labute approximate surface area is 124 Å². The number of likely N-dealkylation sites (tertiary alicyclic amines) is 1. The van der Waals surface area contributed by atoms with Gasteiger partial charge in [0.25, 0.3) is 0 Å². The highest BCUT2D eigenvalue weighted by Gasteiger charge is 2.29. The first kappa shape index (κ1) is 15.0. The van der Waals surface area contributed by atoms with E-state index in [0.717, 1.165) is 24.2 Å². The Balaban J connectivity index is 2.12. The van der Waals surface area contributed by atoms with Crippen molar-refractivity contribution in [1.29, 1.82) is 0 Å². The minimum absolute atomic E-state index is 0.303. The zero-order valence-electron chi connectivity index (χ0n) is 11.7. The molecule has 0 amide bonds. The van der Waals surface area contributed by atoms with Gasteiger partial charge in [0.05, 0.1) is 6.61 Å². The molecule has 106 valence electrons. The van der Waals surface area contributed by atoms with Crippen LogP contribution in [0.1, 0.15) is 23.6 Å². The molecule has 0 bridgehead atoms. The van der Waals surface area contributed by atoms with E-state index in [-0.39, 0.29) is 0 Å². The van der Waals surface area contributed by atoms with Gasteiger partial charge >= 0.3 is 0 Å². The quantitative estimate of drug-likeness (QED) is 0.904. The fourth-order valence-corrected chi connectivity index (χ4v) is 3.65. The summed E-state index contributed by atoms with van der Waals surface area (Å²) in [6.07, 6.45) is 1.20. The second kappa shape index (κ2) is 6.84. The maximum absolute atomic E-state index is 6.02. The number of rotatable bonds is 5. The van der Waals surface area contributed by atoms with Gasteiger partial charge in [-0.25, -0.2) is 0 Å². The van der Waals surface area contributed by atoms with Gasteiger partial charge < -0.3 is 10.5 Å². The summed E-state index contributed by atoms with van der Waals surface area (Å²) in [5, 5.41) is 0. The van der Waals surface area contributed by atoms with Gasteiger partial charge in [0.2, 0.25) is 0 Å². The van der Waals surface area contributed by atoms with Crippen LogP contribution in [0.2, 0.25) is 0 Å². The molecular formula is C15H23BrN2O. The predicted octanol–water partition coefficient (Wildman–Crippen LogP) is 2.73. The molecule has 2 N–H and O–H groups in total. The zero-order chi connectivity index (χ0) is 13.8. The topological polar surface area (TPSA) is 38.5 Å². The van der Waals surface area contributed by atoms with E-state index in [4.69, 9.17) is 10.5 Å². The lowest BCUT2D eigenvalue weighted by atomic mass is 10.0. The van der Waals surface area contributed by atoms with Crippen LogP contribution in [0.15, 0.2) is 22.7 Å². The summed E-state index contributed by atoms with van der Waals surface area (Å²) < 4.78 is 6.43. The molecule has 2 rings (SSSR count). The van der Waals surface area contributed by atoms with Gasteiger partial charge in [-0.2, -0.15) is 0 Å². The average Bonchev–Trinajstić information content (AvgIpc) is 2.82. The van der Waals surface area contributed by atoms with Crippen LogP contribution in [0.5, 0.6) is 0 Å². The lowest BCUT2D eigenvalue weighted by Crippen LogP contribution is -2.32. The monoisotopic (exact) mass is 326 g/mol. The molecule has 1 saturated heterocycles. The molecule has 1 aliphatic rings. The third kappa shape index (κ3) is 3.57. The molecule has 1 aliphatic heterocycles. The van der Waals surface area contributed by atoms with E-state index in [2.05, 4.69) is 46.0 Å². The number of methoxy groups -OCH3 is 1. The first-order valence-corrected chi connectivity index (χ1v) is 7.64. The molecule has 1 aromatic carbocycles. The molecule has 2 unspecified atom stereocenters. The molecule has 0 aliphatic carbocycles. The van der Waals surface area contributed by atoms with E-state index in [0.29, 0.717) is 18.5 Å². The number of ether oxygens (including phenoxy) is 1. The van der Waals surface area contributed by atoms with Crippen molar-refractivity contribution in [2.24, 2.45) is 11.7 Å². The van der Waals surface area contributed by atoms with Gasteiger partial charge in [0.15, 0.2) is 0 Å². The minimum atomic E-state index is 0.303. The Bertz CT molecular complexity index is 425. The molecule has 19 heavy (non-hydrogen) atoms. The van der Waals surface area contributed by atoms with E-state index in [1.54, 1.807) is 7.11 Å². The van der Waals surface area contributed by atoms with Crippen LogP contribution in [0.4, 0.5) is 0 Å². The summed E-state index contributed by atoms with van der Waals surface area (Å²) in [5.41, 5.74) is 8.58. The van der Waals surface area contributed by atoms with E-state index in [9.17, 15) is 0 Å². The van der Waals surface area contributed by atoms with Gasteiger partial charge in [0.1, 0.15) is 0 Å². The summed E-state index contributed by atoms with van der Waals surface area (Å²) in [4.78, 5) is 2.49. The van der Waals surface area contributed by atoms with Crippen molar-refractivity contribution < 1.29 is 4.74 Å². The fourth-order valence-electron chi connectivity index (χ4n) is 2.89. The third-order valence-corrected chi connectivity index (χ3v) is 4.59. The minimum Gasteiger partial charge on any atom is -0.384 e. The van der Waals surface area contributed by atoms with Gasteiger partial charge in [-0.3, -0.25) is 4.90 Å². The second-order valence-corrected chi connectivity index (χ2v) is 6.24. The Morgan fingerprint density at radius 3 is 2.95 bits per heavy atom. The molecule has 1 aromatic rings. The predicted molar refractivity (Wildman–Crippen MR) is 82.2 cm³/mol. The first-order chi connectivity index (χ1) is 9.15. The number of nitrogens with zero attached hydrogens (tertiary/aromatic N) is 1. The maximum atomic E-state index is 6.02. The molecule has 0 saturated carbocycles. The molecule has 4 heteroatoms. The summed E-state index contributed by atoms with van der Waals surface area (Å²) in [5.74, 6) is 0.642. The number of aryl methyl sites for hydroxylation is 1. The van der Waals surface area contributed by atoms with Crippen LogP contribution >= 0.6 is 15.9 Å². The molecule has 0 aromatic heterocycles. The Hall–Kier alpha value is -0.420.